The Bertz CT molecular complexity index is 385. The molecule has 0 aliphatic rings. The molecule has 2 nitrogen and oxygen atoms in total. The molecule has 0 bridgehead atoms. The van der Waals surface area contributed by atoms with Crippen LogP contribution in [0.1, 0.15) is 35.6 Å². The first-order chi connectivity index (χ1) is 8.01. The predicted molar refractivity (Wildman–Crippen MR) is 73.7 cm³/mol. The van der Waals surface area contributed by atoms with E-state index >= 15 is 0 Å². The maximum Gasteiger partial charge on any atom is 0.125 e. The first-order valence-corrected chi connectivity index (χ1v) is 6.35. The lowest BCUT2D eigenvalue weighted by molar-refractivity contribution is 0.400. The van der Waals surface area contributed by atoms with Gasteiger partial charge in [-0.3, -0.25) is 0 Å². The van der Waals surface area contributed by atoms with E-state index in [0.29, 0.717) is 5.92 Å². The summed E-state index contributed by atoms with van der Waals surface area (Å²) in [6, 6.07) is 2.25. The van der Waals surface area contributed by atoms with Gasteiger partial charge in [-0.25, -0.2) is 0 Å². The lowest BCUT2D eigenvalue weighted by Crippen LogP contribution is -2.10. The van der Waals surface area contributed by atoms with E-state index in [0.717, 1.165) is 25.1 Å². The first kappa shape index (κ1) is 14.0. The highest BCUT2D eigenvalue weighted by molar-refractivity contribution is 5.49. The van der Waals surface area contributed by atoms with E-state index in [9.17, 15) is 0 Å². The van der Waals surface area contributed by atoms with Gasteiger partial charge in [0.05, 0.1) is 7.11 Å². The summed E-state index contributed by atoms with van der Waals surface area (Å²) in [5.41, 5.74) is 10.8. The average molecular weight is 235 g/mol. The van der Waals surface area contributed by atoms with Crippen molar-refractivity contribution in [1.29, 1.82) is 0 Å². The molecule has 96 valence electrons. The molecule has 1 aromatic rings. The second kappa shape index (κ2) is 6.06. The van der Waals surface area contributed by atoms with Gasteiger partial charge in [-0.1, -0.05) is 13.0 Å². The van der Waals surface area contributed by atoms with E-state index in [1.54, 1.807) is 7.11 Å². The Labute approximate surface area is 105 Å². The second-order valence-electron chi connectivity index (χ2n) is 5.03. The van der Waals surface area contributed by atoms with Gasteiger partial charge in [0, 0.05) is 0 Å². The summed E-state index contributed by atoms with van der Waals surface area (Å²) in [5.74, 6) is 1.67. The van der Waals surface area contributed by atoms with Gasteiger partial charge in [0.25, 0.3) is 0 Å². The van der Waals surface area contributed by atoms with Crippen LogP contribution < -0.4 is 10.5 Å². The third-order valence-corrected chi connectivity index (χ3v) is 3.53. The zero-order valence-electron chi connectivity index (χ0n) is 11.8. The molecule has 2 heteroatoms. The maximum absolute atomic E-state index is 5.61. The molecule has 1 unspecified atom stereocenters. The number of hydrogen-bond donors (Lipinski definition) is 1. The summed E-state index contributed by atoms with van der Waals surface area (Å²) in [5, 5.41) is 0. The average Bonchev–Trinajstić information content (AvgIpc) is 2.27. The maximum atomic E-state index is 5.61. The van der Waals surface area contributed by atoms with Gasteiger partial charge in [-0.15, -0.1) is 0 Å². The minimum absolute atomic E-state index is 0.606. The van der Waals surface area contributed by atoms with Crippen LogP contribution in [0.25, 0.3) is 0 Å². The molecule has 0 aliphatic carbocycles. The van der Waals surface area contributed by atoms with Crippen LogP contribution in [0.4, 0.5) is 0 Å². The summed E-state index contributed by atoms with van der Waals surface area (Å²) in [4.78, 5) is 0. The lowest BCUT2D eigenvalue weighted by Gasteiger charge is -2.19. The van der Waals surface area contributed by atoms with Gasteiger partial charge in [-0.2, -0.15) is 0 Å². The summed E-state index contributed by atoms with van der Waals surface area (Å²) < 4.78 is 5.59. The van der Waals surface area contributed by atoms with Gasteiger partial charge < -0.3 is 10.5 Å². The van der Waals surface area contributed by atoms with E-state index in [1.165, 1.54) is 22.3 Å². The Morgan fingerprint density at radius 3 is 2.41 bits per heavy atom. The monoisotopic (exact) mass is 235 g/mol. The molecule has 0 fully saturated rings. The SMILES string of the molecule is COc1c(C)c(C)cc(C)c1CC(C)CCN. The Hall–Kier alpha value is -1.02. The Morgan fingerprint density at radius 2 is 1.88 bits per heavy atom. The molecule has 0 radical (unpaired) electrons. The second-order valence-corrected chi connectivity index (χ2v) is 5.03. The molecule has 2 N–H and O–H groups in total. The molecule has 0 aromatic heterocycles. The van der Waals surface area contributed by atoms with Gasteiger partial charge >= 0.3 is 0 Å². The molecule has 0 heterocycles. The van der Waals surface area contributed by atoms with Crippen molar-refractivity contribution >= 4 is 0 Å². The molecule has 1 atom stereocenters. The van der Waals surface area contributed by atoms with Crippen molar-refractivity contribution in [2.45, 2.75) is 40.5 Å². The Morgan fingerprint density at radius 1 is 1.24 bits per heavy atom. The summed E-state index contributed by atoms with van der Waals surface area (Å²) >= 11 is 0. The fourth-order valence-electron chi connectivity index (χ4n) is 2.37. The number of ether oxygens (including phenoxy) is 1. The number of methoxy groups -OCH3 is 1. The van der Waals surface area contributed by atoms with Crippen LogP contribution in [-0.4, -0.2) is 13.7 Å². The third-order valence-electron chi connectivity index (χ3n) is 3.53. The minimum Gasteiger partial charge on any atom is -0.496 e. The molecule has 0 saturated heterocycles. The van der Waals surface area contributed by atoms with Crippen molar-refractivity contribution in [2.75, 3.05) is 13.7 Å². The summed E-state index contributed by atoms with van der Waals surface area (Å²) in [6.07, 6.45) is 2.11. The molecule has 17 heavy (non-hydrogen) atoms. The predicted octanol–water partition coefficient (Wildman–Crippen LogP) is 3.15. The zero-order valence-corrected chi connectivity index (χ0v) is 11.8. The number of hydrogen-bond acceptors (Lipinski definition) is 2. The third kappa shape index (κ3) is 3.22. The van der Waals surface area contributed by atoms with Crippen LogP contribution in [0.3, 0.4) is 0 Å². The molecular formula is C15H25NO. The summed E-state index contributed by atoms with van der Waals surface area (Å²) in [7, 11) is 1.76. The Balaban J connectivity index is 3.09. The fourth-order valence-corrected chi connectivity index (χ4v) is 2.37. The number of benzene rings is 1. The lowest BCUT2D eigenvalue weighted by atomic mass is 9.91. The molecule has 1 aromatic carbocycles. The normalized spacial score (nSPS) is 12.6. The van der Waals surface area contributed by atoms with Crippen LogP contribution >= 0.6 is 0 Å². The van der Waals surface area contributed by atoms with Crippen LogP contribution in [0.2, 0.25) is 0 Å². The Kier molecular flexibility index (Phi) is 5.01. The highest BCUT2D eigenvalue weighted by atomic mass is 16.5. The highest BCUT2D eigenvalue weighted by Crippen LogP contribution is 2.31. The van der Waals surface area contributed by atoms with E-state index in [4.69, 9.17) is 10.5 Å². The van der Waals surface area contributed by atoms with E-state index in [2.05, 4.69) is 33.8 Å². The topological polar surface area (TPSA) is 35.2 Å². The van der Waals surface area contributed by atoms with E-state index in [-0.39, 0.29) is 0 Å². The molecule has 1 rings (SSSR count). The number of nitrogens with two attached hydrogens (primary N) is 1. The largest absolute Gasteiger partial charge is 0.496 e. The van der Waals surface area contributed by atoms with Gasteiger partial charge in [0.2, 0.25) is 0 Å². The van der Waals surface area contributed by atoms with E-state index in [1.807, 2.05) is 0 Å². The van der Waals surface area contributed by atoms with Gasteiger partial charge in [-0.05, 0) is 68.3 Å². The highest BCUT2D eigenvalue weighted by Gasteiger charge is 2.14. The van der Waals surface area contributed by atoms with Crippen molar-refractivity contribution in [3.8, 4) is 5.75 Å². The van der Waals surface area contributed by atoms with Crippen LogP contribution in [0.5, 0.6) is 5.75 Å². The fraction of sp³-hybridized carbons (Fsp3) is 0.600. The van der Waals surface area contributed by atoms with Gasteiger partial charge in [0.15, 0.2) is 0 Å². The van der Waals surface area contributed by atoms with Crippen LogP contribution in [0, 0.1) is 26.7 Å². The number of aryl methyl sites for hydroxylation is 2. The first-order valence-electron chi connectivity index (χ1n) is 6.35. The smallest absolute Gasteiger partial charge is 0.125 e. The van der Waals surface area contributed by atoms with Crippen LogP contribution in [0.15, 0.2) is 6.07 Å². The van der Waals surface area contributed by atoms with Gasteiger partial charge in [0.1, 0.15) is 5.75 Å². The molecular weight excluding hydrogens is 210 g/mol. The van der Waals surface area contributed by atoms with Crippen molar-refractivity contribution < 1.29 is 4.74 Å². The van der Waals surface area contributed by atoms with Crippen molar-refractivity contribution in [2.24, 2.45) is 11.7 Å². The molecule has 0 amide bonds. The number of rotatable bonds is 5. The van der Waals surface area contributed by atoms with Crippen molar-refractivity contribution in [1.82, 2.24) is 0 Å². The minimum atomic E-state index is 0.606. The standard InChI is InChI=1S/C15H25NO/c1-10(6-7-16)8-14-12(3)9-11(2)13(4)15(14)17-5/h9-10H,6-8,16H2,1-5H3. The zero-order chi connectivity index (χ0) is 13.0. The van der Waals surface area contributed by atoms with Crippen molar-refractivity contribution in [3.05, 3.63) is 28.3 Å². The summed E-state index contributed by atoms with van der Waals surface area (Å²) in [6.45, 7) is 9.44. The van der Waals surface area contributed by atoms with E-state index < -0.39 is 0 Å². The molecule has 0 spiro atoms. The van der Waals surface area contributed by atoms with Crippen molar-refractivity contribution in [3.63, 3.8) is 0 Å². The molecule has 0 aliphatic heterocycles. The molecule has 0 saturated carbocycles. The quantitative estimate of drug-likeness (QED) is 0.851. The van der Waals surface area contributed by atoms with Crippen LogP contribution in [-0.2, 0) is 6.42 Å².